The second-order valence-corrected chi connectivity index (χ2v) is 6.35. The first kappa shape index (κ1) is 20.1. The first-order chi connectivity index (χ1) is 12.9. The number of urea groups is 1. The number of β-lactam (4-membered cyclic amide) rings is 1. The standard InChI is InChI=1S/C20H25N5O2/c1-4-14(11-18(22)23-3)10-16-17(12-21)25(19(16)26)20(27)24-13(2)15-8-6-5-7-9-15/h4-9,11-13,16-17,21H,3,10,22H2,1-2H3,(H,24,27)/b14-4-,18-11-,21-12?/t13-,16-,17-/m1/s1. The van der Waals surface area contributed by atoms with E-state index < -0.39 is 18.0 Å². The fourth-order valence-corrected chi connectivity index (χ4v) is 3.03. The quantitative estimate of drug-likeness (QED) is 0.391. The summed E-state index contributed by atoms with van der Waals surface area (Å²) in [6.07, 6.45) is 4.97. The predicted molar refractivity (Wildman–Crippen MR) is 106 cm³/mol. The first-order valence-electron chi connectivity index (χ1n) is 8.71. The summed E-state index contributed by atoms with van der Waals surface area (Å²) in [7, 11) is 0. The molecule has 0 radical (unpaired) electrons. The largest absolute Gasteiger partial charge is 0.384 e. The molecule has 1 aliphatic heterocycles. The van der Waals surface area contributed by atoms with Crippen molar-refractivity contribution in [1.82, 2.24) is 10.2 Å². The highest BCUT2D eigenvalue weighted by Crippen LogP contribution is 2.32. The van der Waals surface area contributed by atoms with Crippen LogP contribution < -0.4 is 11.1 Å². The highest BCUT2D eigenvalue weighted by atomic mass is 16.2. The highest BCUT2D eigenvalue weighted by Gasteiger charge is 2.49. The number of benzene rings is 1. The van der Waals surface area contributed by atoms with Crippen LogP contribution in [0.1, 0.15) is 31.9 Å². The number of carbonyl (C=O) groups is 2. The lowest BCUT2D eigenvalue weighted by atomic mass is 9.83. The van der Waals surface area contributed by atoms with Crippen LogP contribution in [0.5, 0.6) is 0 Å². The van der Waals surface area contributed by atoms with Gasteiger partial charge >= 0.3 is 6.03 Å². The molecule has 1 aromatic carbocycles. The van der Waals surface area contributed by atoms with Crippen LogP contribution in [0.4, 0.5) is 4.79 Å². The molecule has 0 unspecified atom stereocenters. The number of hydrogen-bond acceptors (Lipinski definition) is 5. The van der Waals surface area contributed by atoms with E-state index in [2.05, 4.69) is 17.0 Å². The average Bonchev–Trinajstić information content (AvgIpc) is 2.68. The van der Waals surface area contributed by atoms with E-state index in [0.29, 0.717) is 6.42 Å². The monoisotopic (exact) mass is 367 g/mol. The van der Waals surface area contributed by atoms with Gasteiger partial charge in [0.05, 0.1) is 18.0 Å². The van der Waals surface area contributed by atoms with E-state index in [-0.39, 0.29) is 17.8 Å². The molecule has 2 rings (SSSR count). The van der Waals surface area contributed by atoms with E-state index in [1.165, 1.54) is 0 Å². The van der Waals surface area contributed by atoms with E-state index in [1.807, 2.05) is 50.3 Å². The molecule has 1 aromatic rings. The Morgan fingerprint density at radius 2 is 2.11 bits per heavy atom. The summed E-state index contributed by atoms with van der Waals surface area (Å²) in [5, 5.41) is 10.5. The summed E-state index contributed by atoms with van der Waals surface area (Å²) in [5.74, 6) is -0.521. The van der Waals surface area contributed by atoms with Gasteiger partial charge in [-0.3, -0.25) is 9.69 Å². The number of allylic oxidation sites excluding steroid dienone is 3. The fourth-order valence-electron chi connectivity index (χ4n) is 3.03. The molecule has 4 N–H and O–H groups in total. The molecule has 1 fully saturated rings. The van der Waals surface area contributed by atoms with Crippen molar-refractivity contribution in [3.63, 3.8) is 0 Å². The maximum atomic E-state index is 12.5. The molecule has 3 atom stereocenters. The maximum Gasteiger partial charge on any atom is 0.325 e. The van der Waals surface area contributed by atoms with E-state index in [4.69, 9.17) is 11.1 Å². The smallest absolute Gasteiger partial charge is 0.325 e. The molecule has 27 heavy (non-hydrogen) atoms. The number of hydrogen-bond donors (Lipinski definition) is 3. The van der Waals surface area contributed by atoms with Gasteiger partial charge in [0, 0.05) is 6.21 Å². The van der Waals surface area contributed by atoms with Gasteiger partial charge in [0.1, 0.15) is 5.82 Å². The molecule has 1 heterocycles. The minimum atomic E-state index is -0.582. The summed E-state index contributed by atoms with van der Waals surface area (Å²) >= 11 is 0. The summed E-state index contributed by atoms with van der Waals surface area (Å²) in [6.45, 7) is 7.04. The molecule has 0 aliphatic carbocycles. The van der Waals surface area contributed by atoms with Gasteiger partial charge in [-0.05, 0) is 44.2 Å². The number of carbonyl (C=O) groups excluding carboxylic acids is 2. The van der Waals surface area contributed by atoms with Gasteiger partial charge in [0.15, 0.2) is 0 Å². The van der Waals surface area contributed by atoms with Crippen LogP contribution >= 0.6 is 0 Å². The number of nitrogens with one attached hydrogen (secondary N) is 2. The Balaban J connectivity index is 2.05. The topological polar surface area (TPSA) is 112 Å². The fraction of sp³-hybridized carbons (Fsp3) is 0.300. The molecular formula is C20H25N5O2. The SMILES string of the molecule is C=N/C(N)=C\C(=C/C)C[C@H]1C(=O)N(C(=O)N[C@H](C)c2ccccc2)[C@@H]1C=N. The van der Waals surface area contributed by atoms with Crippen molar-refractivity contribution < 1.29 is 9.59 Å². The third kappa shape index (κ3) is 4.49. The second-order valence-electron chi connectivity index (χ2n) is 6.35. The number of aliphatic imine (C=N–C) groups is 1. The summed E-state index contributed by atoms with van der Waals surface area (Å²) < 4.78 is 0. The summed E-state index contributed by atoms with van der Waals surface area (Å²) in [4.78, 5) is 29.8. The number of imide groups is 1. The Bertz CT molecular complexity index is 785. The van der Waals surface area contributed by atoms with Crippen LogP contribution in [-0.2, 0) is 4.79 Å². The number of nitrogens with zero attached hydrogens (tertiary/aromatic N) is 2. The van der Waals surface area contributed by atoms with Gasteiger partial charge in [-0.2, -0.15) is 0 Å². The Kier molecular flexibility index (Phi) is 6.65. The Hall–Kier alpha value is -3.22. The van der Waals surface area contributed by atoms with Crippen LogP contribution in [-0.4, -0.2) is 35.8 Å². The molecule has 7 heteroatoms. The normalized spacial score (nSPS) is 21.3. The lowest BCUT2D eigenvalue weighted by molar-refractivity contribution is -0.145. The summed E-state index contributed by atoms with van der Waals surface area (Å²) in [6, 6.07) is 8.16. The number of rotatable bonds is 7. The number of nitrogens with two attached hydrogens (primary N) is 1. The molecule has 1 aliphatic rings. The van der Waals surface area contributed by atoms with E-state index in [9.17, 15) is 9.59 Å². The van der Waals surface area contributed by atoms with Crippen molar-refractivity contribution >= 4 is 24.9 Å². The van der Waals surface area contributed by atoms with Gasteiger partial charge in [-0.25, -0.2) is 9.79 Å². The predicted octanol–water partition coefficient (Wildman–Crippen LogP) is 2.77. The van der Waals surface area contributed by atoms with Crippen molar-refractivity contribution in [1.29, 1.82) is 5.41 Å². The van der Waals surface area contributed by atoms with Crippen molar-refractivity contribution in [2.45, 2.75) is 32.4 Å². The van der Waals surface area contributed by atoms with Crippen molar-refractivity contribution in [3.8, 4) is 0 Å². The highest BCUT2D eigenvalue weighted by molar-refractivity contribution is 6.06. The molecule has 0 saturated carbocycles. The molecule has 0 aromatic heterocycles. The van der Waals surface area contributed by atoms with E-state index >= 15 is 0 Å². The van der Waals surface area contributed by atoms with Crippen LogP contribution in [0, 0.1) is 11.3 Å². The zero-order chi connectivity index (χ0) is 20.0. The first-order valence-corrected chi connectivity index (χ1v) is 8.71. The number of amides is 3. The zero-order valence-electron chi connectivity index (χ0n) is 15.6. The van der Waals surface area contributed by atoms with Crippen LogP contribution in [0.25, 0.3) is 0 Å². The van der Waals surface area contributed by atoms with E-state index in [1.54, 1.807) is 6.08 Å². The van der Waals surface area contributed by atoms with E-state index in [0.717, 1.165) is 22.3 Å². The second kappa shape index (κ2) is 8.93. The van der Waals surface area contributed by atoms with Gasteiger partial charge < -0.3 is 16.5 Å². The van der Waals surface area contributed by atoms with Gasteiger partial charge in [0.25, 0.3) is 0 Å². The Morgan fingerprint density at radius 1 is 1.44 bits per heavy atom. The minimum absolute atomic E-state index is 0.246. The number of likely N-dealkylation sites (tertiary alicyclic amines) is 1. The van der Waals surface area contributed by atoms with Crippen molar-refractivity contribution in [2.24, 2.45) is 16.6 Å². The average molecular weight is 367 g/mol. The van der Waals surface area contributed by atoms with Crippen LogP contribution in [0.15, 0.2) is 58.9 Å². The summed E-state index contributed by atoms with van der Waals surface area (Å²) in [5.41, 5.74) is 7.41. The molecule has 3 amide bonds. The molecule has 1 saturated heterocycles. The lowest BCUT2D eigenvalue weighted by Crippen LogP contribution is -2.66. The van der Waals surface area contributed by atoms with Crippen molar-refractivity contribution in [2.75, 3.05) is 0 Å². The van der Waals surface area contributed by atoms with Crippen molar-refractivity contribution in [3.05, 3.63) is 59.4 Å². The maximum absolute atomic E-state index is 12.5. The molecule has 0 spiro atoms. The van der Waals surface area contributed by atoms with Gasteiger partial charge in [0.2, 0.25) is 5.91 Å². The molecular weight excluding hydrogens is 342 g/mol. The molecule has 7 nitrogen and oxygen atoms in total. The third-order valence-corrected chi connectivity index (χ3v) is 4.64. The zero-order valence-corrected chi connectivity index (χ0v) is 15.6. The molecule has 0 bridgehead atoms. The Labute approximate surface area is 159 Å². The third-order valence-electron chi connectivity index (χ3n) is 4.64. The van der Waals surface area contributed by atoms with Crippen LogP contribution in [0.2, 0.25) is 0 Å². The van der Waals surface area contributed by atoms with Crippen LogP contribution in [0.3, 0.4) is 0 Å². The lowest BCUT2D eigenvalue weighted by Gasteiger charge is -2.44. The minimum Gasteiger partial charge on any atom is -0.384 e. The van der Waals surface area contributed by atoms with Gasteiger partial charge in [-0.15, -0.1) is 0 Å². The van der Waals surface area contributed by atoms with Gasteiger partial charge in [-0.1, -0.05) is 36.4 Å². The molecule has 142 valence electrons. The Morgan fingerprint density at radius 3 is 2.67 bits per heavy atom.